The Labute approximate surface area is 202 Å². The smallest absolute Gasteiger partial charge is 0.324 e. The first-order valence-corrected chi connectivity index (χ1v) is 12.8. The number of nitrogens with zero attached hydrogens (tertiary/aromatic N) is 4. The highest BCUT2D eigenvalue weighted by Gasteiger charge is 2.23. The summed E-state index contributed by atoms with van der Waals surface area (Å²) in [4.78, 5) is 23.3. The van der Waals surface area contributed by atoms with Crippen molar-refractivity contribution in [2.24, 2.45) is 0 Å². The van der Waals surface area contributed by atoms with Gasteiger partial charge in [0, 0.05) is 29.9 Å². The fourth-order valence-corrected chi connectivity index (χ4v) is 4.62. The Morgan fingerprint density at radius 3 is 2.69 bits per heavy atom. The van der Waals surface area contributed by atoms with Crippen LogP contribution in [-0.4, -0.2) is 72.8 Å². The molecule has 4 rings (SSSR count). The van der Waals surface area contributed by atoms with Gasteiger partial charge in [0.2, 0.25) is 0 Å². The maximum atomic E-state index is 12.4. The topological polar surface area (TPSA) is 160 Å². The molecule has 3 heterocycles. The molecular weight excluding hydrogens is 476 g/mol. The van der Waals surface area contributed by atoms with Crippen LogP contribution >= 0.6 is 0 Å². The summed E-state index contributed by atoms with van der Waals surface area (Å²) >= 11 is 0. The van der Waals surface area contributed by atoms with Gasteiger partial charge >= 0.3 is 6.03 Å². The molecule has 3 N–H and O–H groups in total. The average Bonchev–Trinajstić information content (AvgIpc) is 3.32. The Balaban J connectivity index is 1.58. The van der Waals surface area contributed by atoms with Gasteiger partial charge in [-0.15, -0.1) is 0 Å². The van der Waals surface area contributed by atoms with Gasteiger partial charge in [-0.05, 0) is 31.2 Å². The minimum atomic E-state index is -3.54. The highest BCUT2D eigenvalue weighted by molar-refractivity contribution is 7.90. The Bertz CT molecular complexity index is 1250. The van der Waals surface area contributed by atoms with Crippen molar-refractivity contribution in [3.63, 3.8) is 0 Å². The first-order chi connectivity index (χ1) is 16.8. The standard InChI is InChI=1S/C22H26N6O6S/c1-15-13-33-10-7-28(15)20-12-18(14-35(31,32)11-8-29)23-21(26-20)16-2-4-17(5-3-16)24-22(30)25-19-6-9-34-27-19/h2-6,9,12,15,29H,7-8,10-11,13-14H2,1H3,(H2,24,25,27,30)/t15-/m0/s1. The summed E-state index contributed by atoms with van der Waals surface area (Å²) in [7, 11) is -3.54. The number of rotatable bonds is 8. The molecule has 0 saturated carbocycles. The molecule has 0 unspecified atom stereocenters. The Hall–Kier alpha value is -3.55. The largest absolute Gasteiger partial charge is 0.395 e. The van der Waals surface area contributed by atoms with Gasteiger partial charge in [-0.1, -0.05) is 5.16 Å². The van der Waals surface area contributed by atoms with Crippen LogP contribution in [0.5, 0.6) is 0 Å². The minimum Gasteiger partial charge on any atom is -0.395 e. The number of hydrogen-bond donors (Lipinski definition) is 3. The lowest BCUT2D eigenvalue weighted by Gasteiger charge is -2.34. The molecule has 1 aliphatic rings. The van der Waals surface area contributed by atoms with Gasteiger partial charge in [0.25, 0.3) is 0 Å². The van der Waals surface area contributed by atoms with Gasteiger partial charge in [-0.2, -0.15) is 0 Å². The fraction of sp³-hybridized carbons (Fsp3) is 0.364. The third-order valence-electron chi connectivity index (χ3n) is 5.28. The number of amides is 2. The lowest BCUT2D eigenvalue weighted by atomic mass is 10.2. The van der Waals surface area contributed by atoms with Crippen LogP contribution in [-0.2, 0) is 20.3 Å². The van der Waals surface area contributed by atoms with Gasteiger partial charge < -0.3 is 24.6 Å². The first kappa shape index (κ1) is 24.6. The second-order valence-electron chi connectivity index (χ2n) is 8.02. The summed E-state index contributed by atoms with van der Waals surface area (Å²) < 4.78 is 34.9. The van der Waals surface area contributed by atoms with E-state index < -0.39 is 22.5 Å². The van der Waals surface area contributed by atoms with Crippen LogP contribution < -0.4 is 15.5 Å². The van der Waals surface area contributed by atoms with Crippen LogP contribution in [0.3, 0.4) is 0 Å². The summed E-state index contributed by atoms with van der Waals surface area (Å²) in [6.45, 7) is 3.25. The Morgan fingerprint density at radius 2 is 2.00 bits per heavy atom. The number of benzene rings is 1. The predicted molar refractivity (Wildman–Crippen MR) is 129 cm³/mol. The van der Waals surface area contributed by atoms with Crippen LogP contribution in [0.4, 0.5) is 22.1 Å². The van der Waals surface area contributed by atoms with Gasteiger partial charge in [0.1, 0.15) is 12.1 Å². The number of sulfone groups is 1. The number of urea groups is 1. The fourth-order valence-electron chi connectivity index (χ4n) is 3.60. The lowest BCUT2D eigenvalue weighted by Crippen LogP contribution is -2.44. The van der Waals surface area contributed by atoms with Crippen molar-refractivity contribution in [1.29, 1.82) is 0 Å². The maximum absolute atomic E-state index is 12.4. The quantitative estimate of drug-likeness (QED) is 0.415. The molecule has 1 aromatic carbocycles. The number of carbonyl (C=O) groups is 1. The number of aromatic nitrogens is 3. The van der Waals surface area contributed by atoms with Gasteiger partial charge in [0.15, 0.2) is 21.5 Å². The highest BCUT2D eigenvalue weighted by atomic mass is 32.2. The van der Waals surface area contributed by atoms with Crippen molar-refractivity contribution in [1.82, 2.24) is 15.1 Å². The molecule has 0 radical (unpaired) electrons. The van der Waals surface area contributed by atoms with Gasteiger partial charge in [0.05, 0.1) is 43.1 Å². The molecule has 1 aliphatic heterocycles. The molecule has 13 heteroatoms. The van der Waals surface area contributed by atoms with E-state index in [0.29, 0.717) is 48.3 Å². The van der Waals surface area contributed by atoms with Gasteiger partial charge in [-0.25, -0.2) is 23.2 Å². The van der Waals surface area contributed by atoms with Crippen LogP contribution in [0, 0.1) is 0 Å². The molecule has 2 amide bonds. The number of anilines is 3. The summed E-state index contributed by atoms with van der Waals surface area (Å²) in [5.41, 5.74) is 1.51. The summed E-state index contributed by atoms with van der Waals surface area (Å²) in [5, 5.41) is 17.9. The third kappa shape index (κ3) is 6.53. The van der Waals surface area contributed by atoms with E-state index in [9.17, 15) is 13.2 Å². The van der Waals surface area contributed by atoms with Crippen molar-refractivity contribution in [3.05, 3.63) is 48.4 Å². The van der Waals surface area contributed by atoms with Crippen LogP contribution in [0.2, 0.25) is 0 Å². The number of hydrogen-bond acceptors (Lipinski definition) is 10. The van der Waals surface area contributed by atoms with E-state index >= 15 is 0 Å². The number of aliphatic hydroxyl groups is 1. The molecule has 0 aliphatic carbocycles. The second kappa shape index (κ2) is 10.8. The van der Waals surface area contributed by atoms with Crippen LogP contribution in [0.25, 0.3) is 11.4 Å². The normalized spacial score (nSPS) is 16.2. The summed E-state index contributed by atoms with van der Waals surface area (Å²) in [5.74, 6) is 0.594. The number of carbonyl (C=O) groups excluding carboxylic acids is 1. The molecule has 12 nitrogen and oxygen atoms in total. The SMILES string of the molecule is C[C@H]1COCCN1c1cc(CS(=O)(=O)CCO)nc(-c2ccc(NC(=O)Nc3ccon3)cc2)n1. The highest BCUT2D eigenvalue weighted by Crippen LogP contribution is 2.25. The molecule has 35 heavy (non-hydrogen) atoms. The average molecular weight is 503 g/mol. The molecule has 0 spiro atoms. The van der Waals surface area contributed by atoms with E-state index in [1.54, 1.807) is 30.3 Å². The van der Waals surface area contributed by atoms with Crippen molar-refractivity contribution in [3.8, 4) is 11.4 Å². The van der Waals surface area contributed by atoms with Crippen LogP contribution in [0.15, 0.2) is 47.2 Å². The minimum absolute atomic E-state index is 0.0585. The molecule has 3 aromatic rings. The predicted octanol–water partition coefficient (Wildman–Crippen LogP) is 1.91. The van der Waals surface area contributed by atoms with E-state index in [1.165, 1.54) is 12.3 Å². The van der Waals surface area contributed by atoms with Crippen molar-refractivity contribution < 1.29 is 27.6 Å². The number of aliphatic hydroxyl groups excluding tert-OH is 1. The maximum Gasteiger partial charge on any atom is 0.324 e. The Morgan fingerprint density at radius 1 is 1.20 bits per heavy atom. The first-order valence-electron chi connectivity index (χ1n) is 11.0. The Kier molecular flexibility index (Phi) is 7.58. The van der Waals surface area contributed by atoms with Crippen molar-refractivity contribution in [2.75, 3.05) is 47.7 Å². The molecule has 1 atom stereocenters. The number of morpholine rings is 1. The van der Waals surface area contributed by atoms with Crippen LogP contribution in [0.1, 0.15) is 12.6 Å². The lowest BCUT2D eigenvalue weighted by molar-refractivity contribution is 0.0985. The van der Waals surface area contributed by atoms with E-state index in [2.05, 4.69) is 30.2 Å². The second-order valence-corrected chi connectivity index (χ2v) is 10.2. The van der Waals surface area contributed by atoms with E-state index in [1.807, 2.05) is 6.92 Å². The molecule has 1 fully saturated rings. The zero-order valence-electron chi connectivity index (χ0n) is 19.0. The molecule has 0 bridgehead atoms. The summed E-state index contributed by atoms with van der Waals surface area (Å²) in [6, 6.07) is 9.61. The zero-order valence-corrected chi connectivity index (χ0v) is 19.9. The molecule has 2 aromatic heterocycles. The zero-order chi connectivity index (χ0) is 24.8. The third-order valence-corrected chi connectivity index (χ3v) is 6.82. The van der Waals surface area contributed by atoms with E-state index in [0.717, 1.165) is 0 Å². The molecule has 1 saturated heterocycles. The molecular formula is C22H26N6O6S. The van der Waals surface area contributed by atoms with Crippen molar-refractivity contribution in [2.45, 2.75) is 18.7 Å². The number of ether oxygens (including phenoxy) is 1. The number of nitrogens with one attached hydrogen (secondary N) is 2. The molecule has 186 valence electrons. The summed E-state index contributed by atoms with van der Waals surface area (Å²) in [6.07, 6.45) is 1.35. The monoisotopic (exact) mass is 502 g/mol. The van der Waals surface area contributed by atoms with Gasteiger partial charge in [-0.3, -0.25) is 5.32 Å². The van der Waals surface area contributed by atoms with E-state index in [-0.39, 0.29) is 23.4 Å². The van der Waals surface area contributed by atoms with E-state index in [4.69, 9.17) is 14.8 Å². The van der Waals surface area contributed by atoms with Crippen molar-refractivity contribution >= 4 is 33.2 Å².